The summed E-state index contributed by atoms with van der Waals surface area (Å²) in [5.74, 6) is 0.700. The largest absolute Gasteiger partial charge is 0.385 e. The van der Waals surface area contributed by atoms with Crippen molar-refractivity contribution in [3.8, 4) is 0 Å². The fourth-order valence-corrected chi connectivity index (χ4v) is 3.15. The number of hydrogen-bond donors (Lipinski definition) is 2. The molecule has 0 bridgehead atoms. The quantitative estimate of drug-likeness (QED) is 0.891. The molecule has 0 spiro atoms. The average molecular weight is 282 g/mol. The standard InChI is InChI=1S/C14H22N2O2S/c1-11-7-8-13(19(15,17)18)9-14(11)16-10-12-5-3-2-4-6-12/h7-9,12,16H,2-6,10H2,1H3,(H2,15,17,18). The number of hydrogen-bond acceptors (Lipinski definition) is 3. The first-order valence-electron chi connectivity index (χ1n) is 6.84. The number of sulfonamides is 1. The first kappa shape index (κ1) is 14.3. The molecule has 19 heavy (non-hydrogen) atoms. The van der Waals surface area contributed by atoms with Crippen LogP contribution < -0.4 is 10.5 Å². The molecular weight excluding hydrogens is 260 g/mol. The van der Waals surface area contributed by atoms with Gasteiger partial charge in [-0.05, 0) is 43.4 Å². The van der Waals surface area contributed by atoms with Crippen LogP contribution >= 0.6 is 0 Å². The molecule has 0 atom stereocenters. The zero-order valence-electron chi connectivity index (χ0n) is 11.4. The maximum Gasteiger partial charge on any atom is 0.238 e. The highest BCUT2D eigenvalue weighted by Crippen LogP contribution is 2.25. The summed E-state index contributed by atoms with van der Waals surface area (Å²) in [6.07, 6.45) is 6.49. The third kappa shape index (κ3) is 3.94. The van der Waals surface area contributed by atoms with Gasteiger partial charge in [0, 0.05) is 12.2 Å². The SMILES string of the molecule is Cc1ccc(S(N)(=O)=O)cc1NCC1CCCCC1. The van der Waals surface area contributed by atoms with Crippen LogP contribution in [-0.4, -0.2) is 15.0 Å². The zero-order chi connectivity index (χ0) is 13.9. The average Bonchev–Trinajstić information content (AvgIpc) is 2.37. The highest BCUT2D eigenvalue weighted by Gasteiger charge is 2.14. The molecule has 0 heterocycles. The van der Waals surface area contributed by atoms with Crippen LogP contribution in [-0.2, 0) is 10.0 Å². The highest BCUT2D eigenvalue weighted by atomic mass is 32.2. The smallest absolute Gasteiger partial charge is 0.238 e. The van der Waals surface area contributed by atoms with Gasteiger partial charge in [0.25, 0.3) is 0 Å². The van der Waals surface area contributed by atoms with Gasteiger partial charge in [0.1, 0.15) is 0 Å². The molecule has 1 fully saturated rings. The minimum Gasteiger partial charge on any atom is -0.385 e. The van der Waals surface area contributed by atoms with Crippen molar-refractivity contribution in [1.82, 2.24) is 0 Å². The Morgan fingerprint density at radius 3 is 2.58 bits per heavy atom. The van der Waals surface area contributed by atoms with Crippen LogP contribution in [0.1, 0.15) is 37.7 Å². The number of nitrogens with two attached hydrogens (primary N) is 1. The van der Waals surface area contributed by atoms with E-state index in [-0.39, 0.29) is 4.90 Å². The van der Waals surface area contributed by atoms with E-state index in [4.69, 9.17) is 5.14 Å². The van der Waals surface area contributed by atoms with E-state index in [1.807, 2.05) is 6.92 Å². The Bertz CT molecular complexity index is 534. The number of benzene rings is 1. The van der Waals surface area contributed by atoms with Crippen molar-refractivity contribution in [2.75, 3.05) is 11.9 Å². The molecule has 1 aliphatic rings. The fourth-order valence-electron chi connectivity index (χ4n) is 2.61. The first-order valence-corrected chi connectivity index (χ1v) is 8.39. The summed E-state index contributed by atoms with van der Waals surface area (Å²) in [5, 5.41) is 8.53. The molecule has 106 valence electrons. The molecule has 0 amide bonds. The van der Waals surface area contributed by atoms with E-state index in [2.05, 4.69) is 5.32 Å². The van der Waals surface area contributed by atoms with E-state index < -0.39 is 10.0 Å². The van der Waals surface area contributed by atoms with Crippen LogP contribution in [0.25, 0.3) is 0 Å². The summed E-state index contributed by atoms with van der Waals surface area (Å²) in [6, 6.07) is 4.98. The molecule has 0 aliphatic heterocycles. The summed E-state index contributed by atoms with van der Waals surface area (Å²) in [6.45, 7) is 2.88. The lowest BCUT2D eigenvalue weighted by molar-refractivity contribution is 0.373. The van der Waals surface area contributed by atoms with E-state index in [1.54, 1.807) is 18.2 Å². The Balaban J connectivity index is 2.06. The predicted octanol–water partition coefficient (Wildman–Crippen LogP) is 2.63. The van der Waals surface area contributed by atoms with E-state index in [1.165, 1.54) is 32.1 Å². The molecule has 1 aromatic carbocycles. The fraction of sp³-hybridized carbons (Fsp3) is 0.571. The number of nitrogens with one attached hydrogen (secondary N) is 1. The molecule has 0 aromatic heterocycles. The van der Waals surface area contributed by atoms with Gasteiger partial charge in [-0.1, -0.05) is 25.3 Å². The molecule has 0 radical (unpaired) electrons. The molecule has 5 heteroatoms. The van der Waals surface area contributed by atoms with Gasteiger partial charge in [-0.25, -0.2) is 13.6 Å². The summed E-state index contributed by atoms with van der Waals surface area (Å²) >= 11 is 0. The van der Waals surface area contributed by atoms with Crippen molar-refractivity contribution >= 4 is 15.7 Å². The van der Waals surface area contributed by atoms with Crippen molar-refractivity contribution in [1.29, 1.82) is 0 Å². The molecular formula is C14H22N2O2S. The van der Waals surface area contributed by atoms with Crippen LogP contribution in [0.4, 0.5) is 5.69 Å². The predicted molar refractivity (Wildman–Crippen MR) is 77.6 cm³/mol. The van der Waals surface area contributed by atoms with Crippen LogP contribution in [0, 0.1) is 12.8 Å². The lowest BCUT2D eigenvalue weighted by Crippen LogP contribution is -2.18. The minimum absolute atomic E-state index is 0.171. The molecule has 1 aromatic rings. The first-order chi connectivity index (χ1) is 8.97. The lowest BCUT2D eigenvalue weighted by Gasteiger charge is -2.23. The van der Waals surface area contributed by atoms with Gasteiger partial charge >= 0.3 is 0 Å². The molecule has 1 saturated carbocycles. The maximum atomic E-state index is 11.4. The lowest BCUT2D eigenvalue weighted by atomic mass is 9.89. The maximum absolute atomic E-state index is 11.4. The molecule has 1 aliphatic carbocycles. The molecule has 4 nitrogen and oxygen atoms in total. The Morgan fingerprint density at radius 1 is 1.26 bits per heavy atom. The van der Waals surface area contributed by atoms with Gasteiger partial charge in [-0.15, -0.1) is 0 Å². The Kier molecular flexibility index (Phi) is 4.47. The summed E-state index contributed by atoms with van der Waals surface area (Å²) < 4.78 is 22.7. The van der Waals surface area contributed by atoms with E-state index in [9.17, 15) is 8.42 Å². The molecule has 3 N–H and O–H groups in total. The number of aryl methyl sites for hydroxylation is 1. The van der Waals surface area contributed by atoms with Crippen molar-refractivity contribution in [2.24, 2.45) is 11.1 Å². The number of anilines is 1. The summed E-state index contributed by atoms with van der Waals surface area (Å²) in [4.78, 5) is 0.171. The van der Waals surface area contributed by atoms with Crippen molar-refractivity contribution in [3.63, 3.8) is 0 Å². The second-order valence-corrected chi connectivity index (χ2v) is 6.97. The van der Waals surface area contributed by atoms with Gasteiger partial charge in [-0.2, -0.15) is 0 Å². The summed E-state index contributed by atoms with van der Waals surface area (Å²) in [7, 11) is -3.63. The molecule has 0 unspecified atom stereocenters. The van der Waals surface area contributed by atoms with E-state index >= 15 is 0 Å². The van der Waals surface area contributed by atoms with Gasteiger partial charge in [0.2, 0.25) is 10.0 Å². The van der Waals surface area contributed by atoms with Crippen molar-refractivity contribution < 1.29 is 8.42 Å². The highest BCUT2D eigenvalue weighted by molar-refractivity contribution is 7.89. The number of rotatable bonds is 4. The third-order valence-electron chi connectivity index (χ3n) is 3.84. The van der Waals surface area contributed by atoms with Crippen LogP contribution in [0.2, 0.25) is 0 Å². The normalized spacial score (nSPS) is 17.4. The van der Waals surface area contributed by atoms with E-state index in [0.29, 0.717) is 5.92 Å². The van der Waals surface area contributed by atoms with Crippen LogP contribution in [0.3, 0.4) is 0 Å². The Hall–Kier alpha value is -1.07. The molecule has 2 rings (SSSR count). The Morgan fingerprint density at radius 2 is 1.95 bits per heavy atom. The van der Waals surface area contributed by atoms with Gasteiger partial charge in [0.05, 0.1) is 4.90 Å². The topological polar surface area (TPSA) is 72.2 Å². The molecule has 0 saturated heterocycles. The van der Waals surface area contributed by atoms with Gasteiger partial charge in [0.15, 0.2) is 0 Å². The zero-order valence-corrected chi connectivity index (χ0v) is 12.2. The Labute approximate surface area is 115 Å². The van der Waals surface area contributed by atoms with Crippen LogP contribution in [0.15, 0.2) is 23.1 Å². The van der Waals surface area contributed by atoms with Gasteiger partial charge in [-0.3, -0.25) is 0 Å². The second-order valence-electron chi connectivity index (χ2n) is 5.41. The summed E-state index contributed by atoms with van der Waals surface area (Å²) in [5.41, 5.74) is 1.92. The van der Waals surface area contributed by atoms with Crippen molar-refractivity contribution in [2.45, 2.75) is 43.9 Å². The minimum atomic E-state index is -3.63. The number of primary sulfonamides is 1. The van der Waals surface area contributed by atoms with Crippen LogP contribution in [0.5, 0.6) is 0 Å². The second kappa shape index (κ2) is 5.92. The van der Waals surface area contributed by atoms with E-state index in [0.717, 1.165) is 17.8 Å². The van der Waals surface area contributed by atoms with Gasteiger partial charge < -0.3 is 5.32 Å². The third-order valence-corrected chi connectivity index (χ3v) is 4.75. The van der Waals surface area contributed by atoms with Crippen molar-refractivity contribution in [3.05, 3.63) is 23.8 Å². The monoisotopic (exact) mass is 282 g/mol.